The number of carbonyl (C=O) groups is 1. The zero-order valence-corrected chi connectivity index (χ0v) is 13.4. The first-order valence-electron chi connectivity index (χ1n) is 7.11. The van der Waals surface area contributed by atoms with Crippen LogP contribution in [-0.2, 0) is 0 Å². The van der Waals surface area contributed by atoms with Gasteiger partial charge in [0.05, 0.1) is 12.3 Å². The number of nitrogen functional groups attached to an aromatic ring is 1. The van der Waals surface area contributed by atoms with Gasteiger partial charge in [0.2, 0.25) is 0 Å². The second-order valence-electron chi connectivity index (χ2n) is 5.01. The summed E-state index contributed by atoms with van der Waals surface area (Å²) in [6.07, 6.45) is 0.899. The SMILES string of the molecule is CCCOc1ccc(C(=O)Nc2cc(Cl)ccc2C)cc1N. The van der Waals surface area contributed by atoms with E-state index in [1.54, 1.807) is 30.3 Å². The molecule has 0 aromatic heterocycles. The Kier molecular flexibility index (Phi) is 5.28. The molecule has 0 spiro atoms. The van der Waals surface area contributed by atoms with E-state index in [4.69, 9.17) is 22.1 Å². The molecule has 22 heavy (non-hydrogen) atoms. The molecule has 0 radical (unpaired) electrons. The Balaban J connectivity index is 2.16. The van der Waals surface area contributed by atoms with Crippen molar-refractivity contribution in [3.05, 3.63) is 52.5 Å². The number of hydrogen-bond donors (Lipinski definition) is 2. The summed E-state index contributed by atoms with van der Waals surface area (Å²) in [6.45, 7) is 4.52. The average Bonchev–Trinajstić information content (AvgIpc) is 2.49. The van der Waals surface area contributed by atoms with E-state index in [9.17, 15) is 4.79 Å². The second-order valence-corrected chi connectivity index (χ2v) is 5.45. The first kappa shape index (κ1) is 16.2. The molecule has 0 aliphatic rings. The van der Waals surface area contributed by atoms with Crippen molar-refractivity contribution < 1.29 is 9.53 Å². The van der Waals surface area contributed by atoms with Gasteiger partial charge in [0.1, 0.15) is 5.75 Å². The van der Waals surface area contributed by atoms with Crippen LogP contribution in [0.4, 0.5) is 11.4 Å². The fourth-order valence-electron chi connectivity index (χ4n) is 1.96. The fourth-order valence-corrected chi connectivity index (χ4v) is 2.13. The minimum absolute atomic E-state index is 0.237. The van der Waals surface area contributed by atoms with E-state index in [2.05, 4.69) is 5.32 Å². The van der Waals surface area contributed by atoms with Crippen molar-refractivity contribution in [3.63, 3.8) is 0 Å². The number of nitrogens with two attached hydrogens (primary N) is 1. The standard InChI is InChI=1S/C17H19ClN2O2/c1-3-8-22-16-7-5-12(9-14(16)19)17(21)20-15-10-13(18)6-4-11(15)2/h4-7,9-10H,3,8,19H2,1-2H3,(H,20,21). The summed E-state index contributed by atoms with van der Waals surface area (Å²) in [4.78, 5) is 12.3. The lowest BCUT2D eigenvalue weighted by Crippen LogP contribution is -2.13. The lowest BCUT2D eigenvalue weighted by atomic mass is 10.1. The fraction of sp³-hybridized carbons (Fsp3) is 0.235. The third-order valence-electron chi connectivity index (χ3n) is 3.18. The Morgan fingerprint density at radius 2 is 2.05 bits per heavy atom. The number of halogens is 1. The highest BCUT2D eigenvalue weighted by Crippen LogP contribution is 2.24. The third kappa shape index (κ3) is 3.92. The average molecular weight is 319 g/mol. The molecule has 0 saturated carbocycles. The molecule has 0 aliphatic heterocycles. The van der Waals surface area contributed by atoms with E-state index < -0.39 is 0 Å². The number of nitrogens with one attached hydrogen (secondary N) is 1. The van der Waals surface area contributed by atoms with Gasteiger partial charge in [0, 0.05) is 16.3 Å². The third-order valence-corrected chi connectivity index (χ3v) is 3.42. The normalized spacial score (nSPS) is 10.3. The van der Waals surface area contributed by atoms with Crippen molar-refractivity contribution in [3.8, 4) is 5.75 Å². The highest BCUT2D eigenvalue weighted by molar-refractivity contribution is 6.31. The van der Waals surface area contributed by atoms with Gasteiger partial charge < -0.3 is 15.8 Å². The van der Waals surface area contributed by atoms with Crippen LogP contribution >= 0.6 is 11.6 Å². The molecule has 0 heterocycles. The quantitative estimate of drug-likeness (QED) is 0.809. The molecule has 0 aliphatic carbocycles. The van der Waals surface area contributed by atoms with E-state index in [1.165, 1.54) is 0 Å². The van der Waals surface area contributed by atoms with Gasteiger partial charge in [-0.3, -0.25) is 4.79 Å². The molecular weight excluding hydrogens is 300 g/mol. The van der Waals surface area contributed by atoms with Gasteiger partial charge in [-0.05, 0) is 49.2 Å². The van der Waals surface area contributed by atoms with Crippen molar-refractivity contribution >= 4 is 28.9 Å². The van der Waals surface area contributed by atoms with Crippen LogP contribution < -0.4 is 15.8 Å². The lowest BCUT2D eigenvalue weighted by molar-refractivity contribution is 0.102. The van der Waals surface area contributed by atoms with E-state index >= 15 is 0 Å². The Hall–Kier alpha value is -2.20. The first-order valence-corrected chi connectivity index (χ1v) is 7.49. The summed E-state index contributed by atoms with van der Waals surface area (Å²) in [6, 6.07) is 10.4. The Morgan fingerprint density at radius 3 is 2.73 bits per heavy atom. The van der Waals surface area contributed by atoms with Gasteiger partial charge in [-0.1, -0.05) is 24.6 Å². The molecule has 2 aromatic rings. The minimum atomic E-state index is -0.237. The molecule has 1 amide bonds. The molecule has 0 unspecified atom stereocenters. The summed E-state index contributed by atoms with van der Waals surface area (Å²) in [5.74, 6) is 0.358. The van der Waals surface area contributed by atoms with E-state index in [1.807, 2.05) is 19.9 Å². The zero-order chi connectivity index (χ0) is 16.1. The van der Waals surface area contributed by atoms with Crippen molar-refractivity contribution in [2.75, 3.05) is 17.7 Å². The maximum atomic E-state index is 12.3. The number of anilines is 2. The van der Waals surface area contributed by atoms with Gasteiger partial charge in [-0.25, -0.2) is 0 Å². The number of aryl methyl sites for hydroxylation is 1. The highest BCUT2D eigenvalue weighted by atomic mass is 35.5. The molecule has 4 nitrogen and oxygen atoms in total. The summed E-state index contributed by atoms with van der Waals surface area (Å²) < 4.78 is 5.50. The van der Waals surface area contributed by atoms with Crippen molar-refractivity contribution in [2.45, 2.75) is 20.3 Å². The largest absolute Gasteiger partial charge is 0.491 e. The topological polar surface area (TPSA) is 64.3 Å². The monoisotopic (exact) mass is 318 g/mol. The lowest BCUT2D eigenvalue weighted by Gasteiger charge is -2.11. The van der Waals surface area contributed by atoms with Crippen LogP contribution in [-0.4, -0.2) is 12.5 Å². The summed E-state index contributed by atoms with van der Waals surface area (Å²) in [7, 11) is 0. The summed E-state index contributed by atoms with van der Waals surface area (Å²) in [5.41, 5.74) is 8.46. The molecule has 0 fully saturated rings. The number of amides is 1. The number of benzene rings is 2. The maximum absolute atomic E-state index is 12.3. The van der Waals surface area contributed by atoms with Crippen LogP contribution in [0.15, 0.2) is 36.4 Å². The van der Waals surface area contributed by atoms with Gasteiger partial charge in [-0.2, -0.15) is 0 Å². The number of ether oxygens (including phenoxy) is 1. The molecular formula is C17H19ClN2O2. The van der Waals surface area contributed by atoms with Gasteiger partial charge in [0.15, 0.2) is 0 Å². The van der Waals surface area contributed by atoms with Crippen LogP contribution in [0.25, 0.3) is 0 Å². The van der Waals surface area contributed by atoms with E-state index in [-0.39, 0.29) is 5.91 Å². The van der Waals surface area contributed by atoms with Crippen LogP contribution in [0.1, 0.15) is 29.3 Å². The molecule has 116 valence electrons. The first-order chi connectivity index (χ1) is 10.5. The van der Waals surface area contributed by atoms with Gasteiger partial charge in [0.25, 0.3) is 5.91 Å². The molecule has 5 heteroatoms. The molecule has 2 rings (SSSR count). The van der Waals surface area contributed by atoms with E-state index in [0.717, 1.165) is 12.0 Å². The van der Waals surface area contributed by atoms with Crippen LogP contribution in [0, 0.1) is 6.92 Å². The van der Waals surface area contributed by atoms with E-state index in [0.29, 0.717) is 34.3 Å². The number of hydrogen-bond acceptors (Lipinski definition) is 3. The van der Waals surface area contributed by atoms with Crippen LogP contribution in [0.2, 0.25) is 5.02 Å². The van der Waals surface area contributed by atoms with Crippen molar-refractivity contribution in [1.29, 1.82) is 0 Å². The van der Waals surface area contributed by atoms with Crippen molar-refractivity contribution in [1.82, 2.24) is 0 Å². The van der Waals surface area contributed by atoms with Gasteiger partial charge in [-0.15, -0.1) is 0 Å². The van der Waals surface area contributed by atoms with Crippen LogP contribution in [0.3, 0.4) is 0 Å². The Bertz CT molecular complexity index is 686. The smallest absolute Gasteiger partial charge is 0.255 e. The number of rotatable bonds is 5. The summed E-state index contributed by atoms with van der Waals surface area (Å²) >= 11 is 5.95. The molecule has 0 bridgehead atoms. The molecule has 3 N–H and O–H groups in total. The predicted octanol–water partition coefficient (Wildman–Crippen LogP) is 4.27. The highest BCUT2D eigenvalue weighted by Gasteiger charge is 2.10. The Morgan fingerprint density at radius 1 is 1.27 bits per heavy atom. The van der Waals surface area contributed by atoms with Crippen LogP contribution in [0.5, 0.6) is 5.75 Å². The Labute approximate surface area is 135 Å². The van der Waals surface area contributed by atoms with Crippen molar-refractivity contribution in [2.24, 2.45) is 0 Å². The molecule has 0 atom stereocenters. The number of carbonyl (C=O) groups excluding carboxylic acids is 1. The predicted molar refractivity (Wildman–Crippen MR) is 90.8 cm³/mol. The van der Waals surface area contributed by atoms with Gasteiger partial charge >= 0.3 is 0 Å². The molecule has 0 saturated heterocycles. The second kappa shape index (κ2) is 7.18. The zero-order valence-electron chi connectivity index (χ0n) is 12.7. The molecule has 2 aromatic carbocycles. The maximum Gasteiger partial charge on any atom is 0.255 e. The minimum Gasteiger partial charge on any atom is -0.491 e. The summed E-state index contributed by atoms with van der Waals surface area (Å²) in [5, 5.41) is 3.41.